The zero-order valence-corrected chi connectivity index (χ0v) is 24.3. The monoisotopic (exact) mass is 575 g/mol. The average molecular weight is 576 g/mol. The first-order chi connectivity index (χ1) is 19.1. The van der Waals surface area contributed by atoms with Crippen LogP contribution in [0.1, 0.15) is 58.4 Å². The fourth-order valence-electron chi connectivity index (χ4n) is 4.78. The SMILES string of the molecule is CCCCc1ccc(Oc2ccc(S(=O)(=O)N(CCC(=O)N3CCC(O)CC3)C(C(=O)NO)C(C)C)cc2)cc1. The van der Waals surface area contributed by atoms with Crippen molar-refractivity contribution in [2.45, 2.75) is 76.3 Å². The van der Waals surface area contributed by atoms with Crippen molar-refractivity contribution in [3.8, 4) is 11.5 Å². The molecule has 1 heterocycles. The largest absolute Gasteiger partial charge is 0.457 e. The first-order valence-corrected chi connectivity index (χ1v) is 15.3. The summed E-state index contributed by atoms with van der Waals surface area (Å²) in [5.41, 5.74) is 2.79. The van der Waals surface area contributed by atoms with Crippen LogP contribution >= 0.6 is 0 Å². The van der Waals surface area contributed by atoms with Crippen LogP contribution in [-0.2, 0) is 26.0 Å². The maximum Gasteiger partial charge on any atom is 0.262 e. The summed E-state index contributed by atoms with van der Waals surface area (Å²) in [6.45, 7) is 6.01. The van der Waals surface area contributed by atoms with E-state index >= 15 is 0 Å². The lowest BCUT2D eigenvalue weighted by Gasteiger charge is -2.33. The first-order valence-electron chi connectivity index (χ1n) is 13.8. The molecule has 1 fully saturated rings. The van der Waals surface area contributed by atoms with Gasteiger partial charge in [-0.15, -0.1) is 0 Å². The van der Waals surface area contributed by atoms with Crippen LogP contribution in [0.5, 0.6) is 11.5 Å². The second-order valence-corrected chi connectivity index (χ2v) is 12.4. The van der Waals surface area contributed by atoms with Crippen molar-refractivity contribution < 1.29 is 33.1 Å². The second kappa shape index (κ2) is 14.6. The first kappa shape index (κ1) is 31.5. The van der Waals surface area contributed by atoms with Crippen LogP contribution < -0.4 is 10.2 Å². The van der Waals surface area contributed by atoms with Gasteiger partial charge in [0.2, 0.25) is 15.9 Å². The van der Waals surface area contributed by atoms with Crippen molar-refractivity contribution >= 4 is 21.8 Å². The van der Waals surface area contributed by atoms with E-state index in [2.05, 4.69) is 6.92 Å². The van der Waals surface area contributed by atoms with E-state index in [1.54, 1.807) is 24.2 Å². The predicted molar refractivity (Wildman–Crippen MR) is 150 cm³/mol. The lowest BCUT2D eigenvalue weighted by atomic mass is 10.0. The Morgan fingerprint density at radius 2 is 1.62 bits per heavy atom. The smallest absolute Gasteiger partial charge is 0.262 e. The van der Waals surface area contributed by atoms with Crippen LogP contribution in [0.4, 0.5) is 0 Å². The van der Waals surface area contributed by atoms with Crippen molar-refractivity contribution in [3.05, 3.63) is 54.1 Å². The average Bonchev–Trinajstić information content (AvgIpc) is 2.94. The van der Waals surface area contributed by atoms with Gasteiger partial charge < -0.3 is 14.7 Å². The van der Waals surface area contributed by atoms with E-state index in [0.717, 1.165) is 23.6 Å². The molecule has 0 spiro atoms. The molecular formula is C29H41N3O7S. The highest BCUT2D eigenvalue weighted by Crippen LogP contribution is 2.27. The summed E-state index contributed by atoms with van der Waals surface area (Å²) < 4.78 is 34.4. The van der Waals surface area contributed by atoms with Crippen molar-refractivity contribution in [2.75, 3.05) is 19.6 Å². The van der Waals surface area contributed by atoms with Gasteiger partial charge >= 0.3 is 0 Å². The Morgan fingerprint density at radius 1 is 1.05 bits per heavy atom. The molecule has 10 nitrogen and oxygen atoms in total. The highest BCUT2D eigenvalue weighted by molar-refractivity contribution is 7.89. The van der Waals surface area contributed by atoms with Crippen molar-refractivity contribution in [2.24, 2.45) is 5.92 Å². The van der Waals surface area contributed by atoms with Crippen LogP contribution in [0.25, 0.3) is 0 Å². The van der Waals surface area contributed by atoms with Gasteiger partial charge in [0.1, 0.15) is 17.5 Å². The number of hydrogen-bond donors (Lipinski definition) is 3. The van der Waals surface area contributed by atoms with E-state index in [-0.39, 0.29) is 23.8 Å². The third-order valence-electron chi connectivity index (χ3n) is 7.09. The Bertz CT molecular complexity index is 1210. The fraction of sp³-hybridized carbons (Fsp3) is 0.517. The molecule has 1 atom stereocenters. The van der Waals surface area contributed by atoms with Gasteiger partial charge in [0.15, 0.2) is 0 Å². The van der Waals surface area contributed by atoms with Crippen LogP contribution in [0, 0.1) is 5.92 Å². The Kier molecular flexibility index (Phi) is 11.5. The molecule has 0 aromatic heterocycles. The lowest BCUT2D eigenvalue weighted by Crippen LogP contribution is -2.52. The molecule has 2 aromatic carbocycles. The number of hydrogen-bond acceptors (Lipinski definition) is 7. The number of aliphatic hydroxyl groups is 1. The minimum absolute atomic E-state index is 0.0697. The van der Waals surface area contributed by atoms with Crippen molar-refractivity contribution in [1.82, 2.24) is 14.7 Å². The number of nitrogens with one attached hydrogen (secondary N) is 1. The van der Waals surface area contributed by atoms with Crippen LogP contribution in [0.3, 0.4) is 0 Å². The van der Waals surface area contributed by atoms with Gasteiger partial charge in [-0.2, -0.15) is 4.31 Å². The lowest BCUT2D eigenvalue weighted by molar-refractivity contribution is -0.136. The summed E-state index contributed by atoms with van der Waals surface area (Å²) in [5.74, 6) is -0.563. The van der Waals surface area contributed by atoms with E-state index in [1.807, 2.05) is 24.3 Å². The Labute approximate surface area is 236 Å². The molecule has 2 amide bonds. The number of nitrogens with zero attached hydrogens (tertiary/aromatic N) is 2. The highest BCUT2D eigenvalue weighted by Gasteiger charge is 2.38. The normalized spacial score (nSPS) is 15.3. The molecule has 1 aliphatic heterocycles. The Balaban J connectivity index is 1.79. The van der Waals surface area contributed by atoms with Crippen LogP contribution in [0.15, 0.2) is 53.4 Å². The van der Waals surface area contributed by atoms with Crippen LogP contribution in [0.2, 0.25) is 0 Å². The number of carbonyl (C=O) groups is 2. The number of likely N-dealkylation sites (tertiary alicyclic amines) is 1. The maximum absolute atomic E-state index is 13.8. The molecule has 0 saturated carbocycles. The van der Waals surface area contributed by atoms with Gasteiger partial charge in [0, 0.05) is 26.1 Å². The number of ether oxygens (including phenoxy) is 1. The third-order valence-corrected chi connectivity index (χ3v) is 8.99. The molecule has 220 valence electrons. The Hall–Kier alpha value is -2.99. The summed E-state index contributed by atoms with van der Waals surface area (Å²) in [6.07, 6.45) is 3.57. The summed E-state index contributed by atoms with van der Waals surface area (Å²) in [6, 6.07) is 12.4. The van der Waals surface area contributed by atoms with Crippen molar-refractivity contribution in [3.63, 3.8) is 0 Å². The summed E-state index contributed by atoms with van der Waals surface area (Å²) in [4.78, 5) is 27.0. The molecule has 0 aliphatic carbocycles. The number of aryl methyl sites for hydroxylation is 1. The van der Waals surface area contributed by atoms with E-state index in [4.69, 9.17) is 4.74 Å². The maximum atomic E-state index is 13.8. The summed E-state index contributed by atoms with van der Waals surface area (Å²) in [7, 11) is -4.24. The van der Waals surface area contributed by atoms with Crippen LogP contribution in [-0.4, -0.2) is 71.5 Å². The molecule has 40 heavy (non-hydrogen) atoms. The number of piperidine rings is 1. The number of hydroxylamine groups is 1. The standard InChI is InChI=1S/C29H41N3O7S/c1-4-5-6-22-7-9-24(10-8-22)39-25-11-13-26(14-12-25)40(37,38)32(28(21(2)3)29(35)30-36)20-17-27(34)31-18-15-23(33)16-19-31/h7-14,21,23,28,33,36H,4-6,15-20H2,1-3H3,(H,30,35). The van der Waals surface area contributed by atoms with Gasteiger partial charge in [-0.05, 0) is 73.6 Å². The minimum Gasteiger partial charge on any atom is -0.457 e. The fourth-order valence-corrected chi connectivity index (χ4v) is 6.50. The number of carbonyl (C=O) groups excluding carboxylic acids is 2. The number of unbranched alkanes of at least 4 members (excludes halogenated alkanes) is 1. The quantitative estimate of drug-likeness (QED) is 0.245. The van der Waals surface area contributed by atoms with E-state index in [9.17, 15) is 28.3 Å². The highest BCUT2D eigenvalue weighted by atomic mass is 32.2. The number of rotatable bonds is 13. The van der Waals surface area contributed by atoms with E-state index in [0.29, 0.717) is 37.4 Å². The number of aliphatic hydroxyl groups excluding tert-OH is 1. The van der Waals surface area contributed by atoms with Gasteiger partial charge in [-0.25, -0.2) is 13.9 Å². The molecule has 2 aromatic rings. The summed E-state index contributed by atoms with van der Waals surface area (Å²) >= 11 is 0. The zero-order valence-electron chi connectivity index (χ0n) is 23.5. The van der Waals surface area contributed by atoms with Gasteiger partial charge in [-0.1, -0.05) is 39.3 Å². The molecule has 1 aliphatic rings. The Morgan fingerprint density at radius 3 is 2.15 bits per heavy atom. The summed E-state index contributed by atoms with van der Waals surface area (Å²) in [5, 5.41) is 19.1. The molecular weight excluding hydrogens is 534 g/mol. The van der Waals surface area contributed by atoms with Gasteiger partial charge in [-0.3, -0.25) is 14.8 Å². The number of sulfonamides is 1. The topological polar surface area (TPSA) is 136 Å². The molecule has 1 saturated heterocycles. The van der Waals surface area contributed by atoms with E-state index in [1.165, 1.54) is 29.8 Å². The molecule has 3 rings (SSSR count). The van der Waals surface area contributed by atoms with Crippen molar-refractivity contribution in [1.29, 1.82) is 0 Å². The molecule has 0 radical (unpaired) electrons. The van der Waals surface area contributed by atoms with Gasteiger partial charge in [0.05, 0.1) is 11.0 Å². The number of benzene rings is 2. The van der Waals surface area contributed by atoms with Gasteiger partial charge in [0.25, 0.3) is 5.91 Å². The molecule has 1 unspecified atom stereocenters. The zero-order chi connectivity index (χ0) is 29.3. The van der Waals surface area contributed by atoms with E-state index < -0.39 is 34.0 Å². The third kappa shape index (κ3) is 8.26. The predicted octanol–water partition coefficient (Wildman–Crippen LogP) is 3.72. The minimum atomic E-state index is -4.24. The number of amides is 2. The molecule has 0 bridgehead atoms. The molecule has 3 N–H and O–H groups in total. The second-order valence-electron chi connectivity index (χ2n) is 10.5. The molecule has 11 heteroatoms.